The first-order valence-corrected chi connectivity index (χ1v) is 8.13. The van der Waals surface area contributed by atoms with Crippen molar-refractivity contribution in [3.05, 3.63) is 64.9 Å². The molecule has 0 aromatic heterocycles. The van der Waals surface area contributed by atoms with Crippen molar-refractivity contribution in [1.82, 2.24) is 4.90 Å². The number of nitrogens with two attached hydrogens (primary N) is 1. The lowest BCUT2D eigenvalue weighted by Gasteiger charge is -2.25. The van der Waals surface area contributed by atoms with E-state index in [2.05, 4.69) is 0 Å². The van der Waals surface area contributed by atoms with E-state index in [0.29, 0.717) is 18.7 Å². The van der Waals surface area contributed by atoms with E-state index in [1.165, 1.54) is 12.1 Å². The first kappa shape index (κ1) is 19.5. The van der Waals surface area contributed by atoms with Crippen LogP contribution in [0, 0.1) is 5.82 Å². The zero-order valence-electron chi connectivity index (χ0n) is 13.4. The van der Waals surface area contributed by atoms with Gasteiger partial charge in [0.2, 0.25) is 6.10 Å². The number of nitrogens with zero attached hydrogens (tertiary/aromatic N) is 1. The molecule has 2 N–H and O–H groups in total. The van der Waals surface area contributed by atoms with Crippen molar-refractivity contribution in [2.75, 3.05) is 13.1 Å². The van der Waals surface area contributed by atoms with Gasteiger partial charge in [-0.25, -0.2) is 4.39 Å². The van der Waals surface area contributed by atoms with Gasteiger partial charge in [-0.2, -0.15) is 0 Å². The van der Waals surface area contributed by atoms with Crippen LogP contribution in [-0.2, 0) is 4.79 Å². The summed E-state index contributed by atoms with van der Waals surface area (Å²) in [5.74, 6) is -0.362. The van der Waals surface area contributed by atoms with Crippen molar-refractivity contribution in [2.45, 2.75) is 18.6 Å². The van der Waals surface area contributed by atoms with Crippen molar-refractivity contribution in [3.8, 4) is 5.75 Å². The number of hydrogen-bond donors (Lipinski definition) is 1. The predicted octanol–water partition coefficient (Wildman–Crippen LogP) is 3.58. The second-order valence-corrected chi connectivity index (χ2v) is 6.22. The monoisotopic (exact) mass is 384 g/mol. The van der Waals surface area contributed by atoms with E-state index in [9.17, 15) is 9.18 Å². The Labute approximate surface area is 157 Å². The molecule has 2 aromatic carbocycles. The van der Waals surface area contributed by atoms with Crippen LogP contribution in [0.1, 0.15) is 18.1 Å². The smallest absolute Gasteiger partial charge is 0.268 e. The molecule has 1 aliphatic heterocycles. The Balaban J connectivity index is 0.00000225. The van der Waals surface area contributed by atoms with Gasteiger partial charge in [-0.1, -0.05) is 41.9 Å². The summed E-state index contributed by atoms with van der Waals surface area (Å²) in [5.41, 5.74) is 6.61. The molecule has 25 heavy (non-hydrogen) atoms. The fourth-order valence-corrected chi connectivity index (χ4v) is 2.95. The molecule has 0 saturated carbocycles. The number of amides is 1. The molecule has 1 saturated heterocycles. The first-order chi connectivity index (χ1) is 11.5. The lowest BCUT2D eigenvalue weighted by molar-refractivity contribution is -0.138. The molecular formula is C18H19Cl2FN2O2. The summed E-state index contributed by atoms with van der Waals surface area (Å²) >= 11 is 6.04. The summed E-state index contributed by atoms with van der Waals surface area (Å²) in [6.45, 7) is 1.10. The summed E-state index contributed by atoms with van der Waals surface area (Å²) in [4.78, 5) is 14.6. The molecule has 2 atom stereocenters. The second kappa shape index (κ2) is 8.52. The summed E-state index contributed by atoms with van der Waals surface area (Å²) in [6.07, 6.45) is -0.0793. The Morgan fingerprint density at radius 3 is 2.60 bits per heavy atom. The number of hydrogen-bond acceptors (Lipinski definition) is 3. The minimum absolute atomic E-state index is 0. The zero-order chi connectivity index (χ0) is 17.1. The molecule has 1 unspecified atom stereocenters. The Bertz CT molecular complexity index is 730. The van der Waals surface area contributed by atoms with E-state index in [-0.39, 0.29) is 35.1 Å². The largest absolute Gasteiger partial charge is 0.474 e. The van der Waals surface area contributed by atoms with Crippen molar-refractivity contribution < 1.29 is 13.9 Å². The average molecular weight is 385 g/mol. The quantitative estimate of drug-likeness (QED) is 0.876. The molecule has 1 amide bonds. The Morgan fingerprint density at radius 2 is 2.00 bits per heavy atom. The molecule has 0 aliphatic carbocycles. The van der Waals surface area contributed by atoms with E-state index in [1.807, 2.05) is 30.3 Å². The maximum atomic E-state index is 13.2. The van der Waals surface area contributed by atoms with Crippen LogP contribution in [0.25, 0.3) is 0 Å². The fourth-order valence-electron chi connectivity index (χ4n) is 2.74. The summed E-state index contributed by atoms with van der Waals surface area (Å²) in [6, 6.07) is 13.0. The third-order valence-electron chi connectivity index (χ3n) is 4.00. The highest BCUT2D eigenvalue weighted by atomic mass is 35.5. The van der Waals surface area contributed by atoms with Crippen LogP contribution in [0.4, 0.5) is 4.39 Å². The Hall–Kier alpha value is -1.82. The normalized spacial score (nSPS) is 17.7. The Morgan fingerprint density at radius 1 is 1.28 bits per heavy atom. The van der Waals surface area contributed by atoms with Crippen LogP contribution in [0.3, 0.4) is 0 Å². The highest BCUT2D eigenvalue weighted by Crippen LogP contribution is 2.31. The van der Waals surface area contributed by atoms with E-state index < -0.39 is 11.9 Å². The zero-order valence-corrected chi connectivity index (χ0v) is 15.0. The van der Waals surface area contributed by atoms with Gasteiger partial charge in [0.25, 0.3) is 5.91 Å². The number of likely N-dealkylation sites (tertiary alicyclic amines) is 1. The number of rotatable bonds is 4. The molecule has 1 fully saturated rings. The first-order valence-electron chi connectivity index (χ1n) is 7.75. The molecule has 1 aliphatic rings. The third kappa shape index (κ3) is 4.63. The standard InChI is InChI=1S/C18H18ClFN2O2.ClH/c19-15-10-13(20)6-7-16(15)24-17(12-4-2-1-3-5-12)18(23)22-9-8-14(21)11-22;/h1-7,10,14,17H,8-9,11,21H2;1H/t14-,17?;/m1./s1. The van der Waals surface area contributed by atoms with Crippen molar-refractivity contribution in [3.63, 3.8) is 0 Å². The maximum Gasteiger partial charge on any atom is 0.268 e. The molecule has 2 aromatic rings. The van der Waals surface area contributed by atoms with Crippen molar-refractivity contribution in [1.29, 1.82) is 0 Å². The van der Waals surface area contributed by atoms with Gasteiger partial charge < -0.3 is 15.4 Å². The van der Waals surface area contributed by atoms with Crippen LogP contribution < -0.4 is 10.5 Å². The van der Waals surface area contributed by atoms with E-state index in [1.54, 1.807) is 4.90 Å². The molecule has 0 spiro atoms. The number of benzene rings is 2. The van der Waals surface area contributed by atoms with Gasteiger partial charge in [0.1, 0.15) is 11.6 Å². The predicted molar refractivity (Wildman–Crippen MR) is 97.6 cm³/mol. The number of halogens is 3. The van der Waals surface area contributed by atoms with Gasteiger partial charge >= 0.3 is 0 Å². The number of ether oxygens (including phenoxy) is 1. The summed E-state index contributed by atoms with van der Waals surface area (Å²) in [5, 5.41) is 0.127. The second-order valence-electron chi connectivity index (χ2n) is 5.82. The molecule has 0 bridgehead atoms. The van der Waals surface area contributed by atoms with Gasteiger partial charge in [0.15, 0.2) is 0 Å². The van der Waals surface area contributed by atoms with Crippen LogP contribution >= 0.6 is 24.0 Å². The van der Waals surface area contributed by atoms with Gasteiger partial charge in [0.05, 0.1) is 5.02 Å². The molecule has 1 heterocycles. The number of carbonyl (C=O) groups excluding carboxylic acids is 1. The van der Waals surface area contributed by atoms with Gasteiger partial charge in [-0.05, 0) is 24.6 Å². The van der Waals surface area contributed by atoms with E-state index >= 15 is 0 Å². The average Bonchev–Trinajstić information content (AvgIpc) is 3.01. The lowest BCUT2D eigenvalue weighted by atomic mass is 10.1. The number of carbonyl (C=O) groups is 1. The van der Waals surface area contributed by atoms with Gasteiger partial charge in [0, 0.05) is 24.7 Å². The minimum atomic E-state index is -0.848. The summed E-state index contributed by atoms with van der Waals surface area (Å²) < 4.78 is 19.1. The molecule has 3 rings (SSSR count). The third-order valence-corrected chi connectivity index (χ3v) is 4.30. The fraction of sp³-hybridized carbons (Fsp3) is 0.278. The van der Waals surface area contributed by atoms with Crippen LogP contribution in [0.15, 0.2) is 48.5 Å². The lowest BCUT2D eigenvalue weighted by Crippen LogP contribution is -2.37. The highest BCUT2D eigenvalue weighted by Gasteiger charge is 2.32. The van der Waals surface area contributed by atoms with Crippen molar-refractivity contribution >= 4 is 29.9 Å². The minimum Gasteiger partial charge on any atom is -0.474 e. The van der Waals surface area contributed by atoms with Crippen LogP contribution in [0.5, 0.6) is 5.75 Å². The van der Waals surface area contributed by atoms with E-state index in [0.717, 1.165) is 12.5 Å². The molecule has 4 nitrogen and oxygen atoms in total. The van der Waals surface area contributed by atoms with Gasteiger partial charge in [-0.15, -0.1) is 12.4 Å². The molecule has 134 valence electrons. The maximum absolute atomic E-state index is 13.2. The molecular weight excluding hydrogens is 366 g/mol. The van der Waals surface area contributed by atoms with Crippen LogP contribution in [-0.4, -0.2) is 29.9 Å². The van der Waals surface area contributed by atoms with E-state index in [4.69, 9.17) is 22.1 Å². The van der Waals surface area contributed by atoms with Gasteiger partial charge in [-0.3, -0.25) is 4.79 Å². The summed E-state index contributed by atoms with van der Waals surface area (Å²) in [7, 11) is 0. The SMILES string of the molecule is Cl.N[C@@H]1CCN(C(=O)C(Oc2ccc(F)cc2Cl)c2ccccc2)C1. The Kier molecular flexibility index (Phi) is 6.64. The molecule has 7 heteroatoms. The molecule has 0 radical (unpaired) electrons. The highest BCUT2D eigenvalue weighted by molar-refractivity contribution is 6.32. The van der Waals surface area contributed by atoms with Crippen molar-refractivity contribution in [2.24, 2.45) is 5.73 Å². The topological polar surface area (TPSA) is 55.6 Å². The van der Waals surface area contributed by atoms with Crippen LogP contribution in [0.2, 0.25) is 5.02 Å².